The summed E-state index contributed by atoms with van der Waals surface area (Å²) >= 11 is 0. The van der Waals surface area contributed by atoms with Crippen LogP contribution in [0.5, 0.6) is 5.75 Å². The molecule has 5 rings (SSSR count). The average molecular weight is 445 g/mol. The largest absolute Gasteiger partial charge is 0.497 e. The minimum Gasteiger partial charge on any atom is -0.497 e. The van der Waals surface area contributed by atoms with Gasteiger partial charge >= 0.3 is 0 Å². The van der Waals surface area contributed by atoms with Crippen LogP contribution in [-0.2, 0) is 6.54 Å². The SMILES string of the molecule is COc1ccc(Cn2nnnc2C(c2cc3cc(C)c(C)cc3[nH]c2=O)N2CCCC2)cc1. The van der Waals surface area contributed by atoms with Crippen LogP contribution in [0.3, 0.4) is 0 Å². The molecule has 0 bridgehead atoms. The maximum Gasteiger partial charge on any atom is 0.253 e. The number of aromatic nitrogens is 5. The number of ether oxygens (including phenoxy) is 1. The van der Waals surface area contributed by atoms with Crippen molar-refractivity contribution >= 4 is 10.9 Å². The predicted octanol–water partition coefficient (Wildman–Crippen LogP) is 3.37. The molecule has 3 heterocycles. The summed E-state index contributed by atoms with van der Waals surface area (Å²) in [6.07, 6.45) is 2.20. The van der Waals surface area contributed by atoms with E-state index < -0.39 is 0 Å². The van der Waals surface area contributed by atoms with E-state index in [4.69, 9.17) is 4.74 Å². The van der Waals surface area contributed by atoms with Gasteiger partial charge in [0.1, 0.15) is 11.8 Å². The minimum atomic E-state index is -0.310. The van der Waals surface area contributed by atoms with Crippen LogP contribution in [0.4, 0.5) is 0 Å². The van der Waals surface area contributed by atoms with E-state index in [2.05, 4.69) is 45.3 Å². The quantitative estimate of drug-likeness (QED) is 0.491. The summed E-state index contributed by atoms with van der Waals surface area (Å²) in [5.74, 6) is 1.49. The lowest BCUT2D eigenvalue weighted by atomic mass is 10.0. The number of tetrazole rings is 1. The van der Waals surface area contributed by atoms with E-state index in [-0.39, 0.29) is 11.6 Å². The molecule has 4 aromatic rings. The molecule has 1 N–H and O–H groups in total. The zero-order valence-corrected chi connectivity index (χ0v) is 19.2. The molecule has 33 heavy (non-hydrogen) atoms. The van der Waals surface area contributed by atoms with Crippen LogP contribution in [0.25, 0.3) is 10.9 Å². The zero-order valence-electron chi connectivity index (χ0n) is 19.2. The number of hydrogen-bond acceptors (Lipinski definition) is 6. The monoisotopic (exact) mass is 444 g/mol. The maximum atomic E-state index is 13.3. The first-order valence-electron chi connectivity index (χ1n) is 11.3. The van der Waals surface area contributed by atoms with Crippen LogP contribution in [-0.4, -0.2) is 50.3 Å². The molecule has 1 saturated heterocycles. The number of rotatable bonds is 6. The molecule has 2 aromatic carbocycles. The first kappa shape index (κ1) is 21.3. The summed E-state index contributed by atoms with van der Waals surface area (Å²) in [6, 6.07) is 13.7. The fourth-order valence-corrected chi connectivity index (χ4v) is 4.62. The lowest BCUT2D eigenvalue weighted by Gasteiger charge is -2.26. The van der Waals surface area contributed by atoms with Crippen molar-refractivity contribution in [2.75, 3.05) is 20.2 Å². The third-order valence-electron chi connectivity index (χ3n) is 6.58. The molecule has 1 unspecified atom stereocenters. The highest BCUT2D eigenvalue weighted by atomic mass is 16.5. The van der Waals surface area contributed by atoms with E-state index in [1.807, 2.05) is 36.4 Å². The number of pyridine rings is 1. The number of benzene rings is 2. The molecule has 0 radical (unpaired) electrons. The van der Waals surface area contributed by atoms with Crippen molar-refractivity contribution in [3.05, 3.63) is 80.9 Å². The Labute approximate surface area is 192 Å². The fourth-order valence-electron chi connectivity index (χ4n) is 4.62. The lowest BCUT2D eigenvalue weighted by Crippen LogP contribution is -2.33. The minimum absolute atomic E-state index is 0.0957. The van der Waals surface area contributed by atoms with E-state index >= 15 is 0 Å². The number of likely N-dealkylation sites (tertiary alicyclic amines) is 1. The number of hydrogen-bond donors (Lipinski definition) is 1. The summed E-state index contributed by atoms with van der Waals surface area (Å²) in [7, 11) is 1.65. The Morgan fingerprint density at radius 2 is 1.79 bits per heavy atom. The number of H-pyrrole nitrogens is 1. The number of aromatic amines is 1. The van der Waals surface area contributed by atoms with Crippen LogP contribution in [0.2, 0.25) is 0 Å². The Hall–Kier alpha value is -3.52. The van der Waals surface area contributed by atoms with Crippen LogP contribution >= 0.6 is 0 Å². The normalized spacial score (nSPS) is 15.2. The third-order valence-corrected chi connectivity index (χ3v) is 6.58. The van der Waals surface area contributed by atoms with Crippen molar-refractivity contribution in [3.8, 4) is 5.75 Å². The fraction of sp³-hybridized carbons (Fsp3) is 0.360. The van der Waals surface area contributed by atoms with Gasteiger partial charge in [-0.15, -0.1) is 5.10 Å². The summed E-state index contributed by atoms with van der Waals surface area (Å²) in [5.41, 5.74) is 4.85. The average Bonchev–Trinajstić information content (AvgIpc) is 3.50. The van der Waals surface area contributed by atoms with Crippen molar-refractivity contribution in [1.82, 2.24) is 30.1 Å². The molecule has 0 saturated carbocycles. The summed E-state index contributed by atoms with van der Waals surface area (Å²) < 4.78 is 7.06. The summed E-state index contributed by atoms with van der Waals surface area (Å²) in [6.45, 7) is 6.48. The smallest absolute Gasteiger partial charge is 0.253 e. The van der Waals surface area contributed by atoms with Crippen molar-refractivity contribution in [1.29, 1.82) is 0 Å². The Bertz CT molecular complexity index is 1340. The topological polar surface area (TPSA) is 88.9 Å². The van der Waals surface area contributed by atoms with Crippen LogP contribution < -0.4 is 10.3 Å². The molecule has 1 fully saturated rings. The van der Waals surface area contributed by atoms with E-state index in [1.54, 1.807) is 11.8 Å². The molecule has 170 valence electrons. The number of nitrogens with zero attached hydrogens (tertiary/aromatic N) is 5. The standard InChI is InChI=1S/C25H28N6O2/c1-16-12-19-14-21(25(32)26-22(19)13-17(16)2)23(30-10-4-5-11-30)24-27-28-29-31(24)15-18-6-8-20(33-3)9-7-18/h6-9,12-14,23H,4-5,10-11,15H2,1-3H3,(H,26,32). The van der Waals surface area contributed by atoms with Gasteiger partial charge in [-0.1, -0.05) is 12.1 Å². The van der Waals surface area contributed by atoms with Crippen LogP contribution in [0.1, 0.15) is 47.0 Å². The molecule has 1 atom stereocenters. The number of fused-ring (bicyclic) bond motifs is 1. The van der Waals surface area contributed by atoms with Gasteiger partial charge in [0.05, 0.1) is 13.7 Å². The maximum absolute atomic E-state index is 13.3. The van der Waals surface area contributed by atoms with E-state index in [0.717, 1.165) is 53.7 Å². The van der Waals surface area contributed by atoms with Gasteiger partial charge in [0.2, 0.25) is 0 Å². The van der Waals surface area contributed by atoms with Gasteiger partial charge in [0, 0.05) is 11.1 Å². The summed E-state index contributed by atoms with van der Waals surface area (Å²) in [4.78, 5) is 18.7. The lowest BCUT2D eigenvalue weighted by molar-refractivity contribution is 0.263. The highest BCUT2D eigenvalue weighted by molar-refractivity contribution is 5.81. The summed E-state index contributed by atoms with van der Waals surface area (Å²) in [5, 5.41) is 13.7. The van der Waals surface area contributed by atoms with Gasteiger partial charge in [-0.2, -0.15) is 0 Å². The Kier molecular flexibility index (Phi) is 5.68. The van der Waals surface area contributed by atoms with Gasteiger partial charge in [-0.05, 0) is 103 Å². The van der Waals surface area contributed by atoms with E-state index in [1.165, 1.54) is 5.56 Å². The highest BCUT2D eigenvalue weighted by Crippen LogP contribution is 2.30. The predicted molar refractivity (Wildman–Crippen MR) is 127 cm³/mol. The van der Waals surface area contributed by atoms with Gasteiger partial charge in [0.25, 0.3) is 5.56 Å². The Morgan fingerprint density at radius 3 is 2.52 bits per heavy atom. The third kappa shape index (κ3) is 4.14. The molecule has 1 aliphatic heterocycles. The second-order valence-corrected chi connectivity index (χ2v) is 8.77. The molecule has 8 heteroatoms. The first-order chi connectivity index (χ1) is 16.0. The second kappa shape index (κ2) is 8.78. The molecule has 1 aliphatic rings. The van der Waals surface area contributed by atoms with E-state index in [0.29, 0.717) is 17.9 Å². The van der Waals surface area contributed by atoms with Crippen molar-refractivity contribution in [2.45, 2.75) is 39.3 Å². The zero-order chi connectivity index (χ0) is 22.9. The van der Waals surface area contributed by atoms with Gasteiger partial charge in [-0.3, -0.25) is 9.69 Å². The van der Waals surface area contributed by atoms with Crippen molar-refractivity contribution in [2.24, 2.45) is 0 Å². The highest BCUT2D eigenvalue weighted by Gasteiger charge is 2.32. The van der Waals surface area contributed by atoms with Crippen molar-refractivity contribution in [3.63, 3.8) is 0 Å². The van der Waals surface area contributed by atoms with Crippen LogP contribution in [0.15, 0.2) is 47.3 Å². The van der Waals surface area contributed by atoms with Crippen LogP contribution in [0, 0.1) is 13.8 Å². The van der Waals surface area contributed by atoms with Gasteiger partial charge < -0.3 is 9.72 Å². The number of aryl methyl sites for hydroxylation is 2. The molecular weight excluding hydrogens is 416 g/mol. The molecule has 0 spiro atoms. The molecule has 2 aromatic heterocycles. The van der Waals surface area contributed by atoms with Gasteiger partial charge in [0.15, 0.2) is 5.82 Å². The van der Waals surface area contributed by atoms with E-state index in [9.17, 15) is 4.79 Å². The molecule has 8 nitrogen and oxygen atoms in total. The first-order valence-corrected chi connectivity index (χ1v) is 11.3. The number of methoxy groups -OCH3 is 1. The van der Waals surface area contributed by atoms with Crippen molar-refractivity contribution < 1.29 is 4.74 Å². The molecular formula is C25H28N6O2. The Morgan fingerprint density at radius 1 is 1.06 bits per heavy atom. The Balaban J connectivity index is 1.59. The molecule has 0 aliphatic carbocycles. The second-order valence-electron chi connectivity index (χ2n) is 8.77. The molecule has 0 amide bonds. The van der Waals surface area contributed by atoms with Gasteiger partial charge in [-0.25, -0.2) is 4.68 Å². The number of nitrogens with one attached hydrogen (secondary N) is 1.